The molecule has 0 aromatic carbocycles. The van der Waals surface area contributed by atoms with Gasteiger partial charge in [0.25, 0.3) is 0 Å². The highest BCUT2D eigenvalue weighted by molar-refractivity contribution is 7.12. The zero-order valence-electron chi connectivity index (χ0n) is 14.1. The average molecular weight is 338 g/mol. The van der Waals surface area contributed by atoms with Crippen molar-refractivity contribution < 1.29 is 14.7 Å². The van der Waals surface area contributed by atoms with E-state index in [1.807, 2.05) is 6.92 Å². The van der Waals surface area contributed by atoms with Crippen molar-refractivity contribution in [3.63, 3.8) is 0 Å². The zero-order valence-corrected chi connectivity index (χ0v) is 14.9. The first-order valence-corrected chi connectivity index (χ1v) is 9.00. The minimum absolute atomic E-state index is 0.00209. The summed E-state index contributed by atoms with van der Waals surface area (Å²) in [5.74, 6) is -0.0894. The summed E-state index contributed by atoms with van der Waals surface area (Å²) >= 11 is 1.73. The first-order valence-electron chi connectivity index (χ1n) is 8.19. The first kappa shape index (κ1) is 17.9. The van der Waals surface area contributed by atoms with Gasteiger partial charge in [0.2, 0.25) is 11.8 Å². The highest BCUT2D eigenvalue weighted by Crippen LogP contribution is 2.26. The minimum atomic E-state index is -0.291. The summed E-state index contributed by atoms with van der Waals surface area (Å²) in [7, 11) is 0. The fourth-order valence-corrected chi connectivity index (χ4v) is 3.99. The molecule has 0 unspecified atom stereocenters. The maximum atomic E-state index is 12.1. The Morgan fingerprint density at radius 3 is 2.57 bits per heavy atom. The van der Waals surface area contributed by atoms with Gasteiger partial charge in [-0.05, 0) is 45.2 Å². The fourth-order valence-electron chi connectivity index (χ4n) is 2.97. The van der Waals surface area contributed by atoms with Crippen molar-refractivity contribution in [2.75, 3.05) is 13.1 Å². The molecule has 0 spiro atoms. The number of likely N-dealkylation sites (tertiary alicyclic amines) is 1. The van der Waals surface area contributed by atoms with Crippen LogP contribution in [0.3, 0.4) is 0 Å². The third kappa shape index (κ3) is 5.04. The number of hydrogen-bond acceptors (Lipinski definition) is 4. The van der Waals surface area contributed by atoms with Crippen LogP contribution < -0.4 is 5.32 Å². The molecule has 128 valence electrons. The number of nitrogens with one attached hydrogen (secondary N) is 1. The molecule has 1 aromatic rings. The number of carbonyl (C=O) groups is 2. The lowest BCUT2D eigenvalue weighted by molar-refractivity contribution is -0.135. The molecule has 1 saturated heterocycles. The first-order chi connectivity index (χ1) is 10.9. The molecule has 23 heavy (non-hydrogen) atoms. The van der Waals surface area contributed by atoms with Crippen LogP contribution in [0.2, 0.25) is 0 Å². The van der Waals surface area contributed by atoms with Crippen molar-refractivity contribution in [3.8, 4) is 0 Å². The van der Waals surface area contributed by atoms with E-state index in [1.54, 1.807) is 16.2 Å². The molecule has 2 N–H and O–H groups in total. The third-order valence-electron chi connectivity index (χ3n) is 4.31. The fraction of sp³-hybridized carbons (Fsp3) is 0.647. The Morgan fingerprint density at radius 1 is 1.35 bits per heavy atom. The Balaban J connectivity index is 1.76. The van der Waals surface area contributed by atoms with E-state index in [0.29, 0.717) is 25.9 Å². The van der Waals surface area contributed by atoms with Crippen LogP contribution in [0.5, 0.6) is 0 Å². The van der Waals surface area contributed by atoms with E-state index in [9.17, 15) is 14.7 Å². The third-order valence-corrected chi connectivity index (χ3v) is 5.29. The summed E-state index contributed by atoms with van der Waals surface area (Å²) in [5.41, 5.74) is 1.15. The Bertz CT molecular complexity index is 562. The molecule has 0 saturated carbocycles. The standard InChI is InChI=1S/C17H26N2O3S/c1-11-10-15(13(3)23-11)12(2)18-16(21)4-5-17(22)19-8-6-14(20)7-9-19/h10,12,14,20H,4-9H2,1-3H3,(H,18,21)/t12-/m1/s1. The van der Waals surface area contributed by atoms with Gasteiger partial charge < -0.3 is 15.3 Å². The number of aliphatic hydroxyl groups excluding tert-OH is 1. The quantitative estimate of drug-likeness (QED) is 0.865. The van der Waals surface area contributed by atoms with Gasteiger partial charge in [-0.3, -0.25) is 9.59 Å². The lowest BCUT2D eigenvalue weighted by atomic mass is 10.1. The summed E-state index contributed by atoms with van der Waals surface area (Å²) in [6.45, 7) is 7.27. The van der Waals surface area contributed by atoms with Gasteiger partial charge in [0, 0.05) is 35.7 Å². The van der Waals surface area contributed by atoms with Crippen LogP contribution in [0, 0.1) is 13.8 Å². The Morgan fingerprint density at radius 2 is 2.00 bits per heavy atom. The molecule has 2 amide bonds. The molecule has 1 aromatic heterocycles. The molecule has 2 heterocycles. The normalized spacial score (nSPS) is 17.1. The van der Waals surface area contributed by atoms with Gasteiger partial charge in [-0.25, -0.2) is 0 Å². The number of piperidine rings is 1. The smallest absolute Gasteiger partial charge is 0.223 e. The highest BCUT2D eigenvalue weighted by Gasteiger charge is 2.22. The van der Waals surface area contributed by atoms with Crippen LogP contribution in [0.4, 0.5) is 0 Å². The molecule has 1 aliphatic heterocycles. The highest BCUT2D eigenvalue weighted by atomic mass is 32.1. The van der Waals surface area contributed by atoms with Crippen molar-refractivity contribution in [2.45, 2.75) is 58.6 Å². The molecule has 5 nitrogen and oxygen atoms in total. The van der Waals surface area contributed by atoms with Crippen LogP contribution in [-0.4, -0.2) is 41.0 Å². The second-order valence-electron chi connectivity index (χ2n) is 6.27. The number of hydrogen-bond donors (Lipinski definition) is 2. The minimum Gasteiger partial charge on any atom is -0.393 e. The molecule has 1 aliphatic rings. The van der Waals surface area contributed by atoms with Crippen molar-refractivity contribution in [3.05, 3.63) is 21.4 Å². The second kappa shape index (κ2) is 7.93. The van der Waals surface area contributed by atoms with E-state index in [1.165, 1.54) is 9.75 Å². The second-order valence-corrected chi connectivity index (χ2v) is 7.73. The lowest BCUT2D eigenvalue weighted by Gasteiger charge is -2.29. The number of nitrogens with zero attached hydrogens (tertiary/aromatic N) is 1. The Kier molecular flexibility index (Phi) is 6.18. The summed E-state index contributed by atoms with van der Waals surface area (Å²) < 4.78 is 0. The van der Waals surface area contributed by atoms with Gasteiger partial charge in [0.1, 0.15) is 0 Å². The summed E-state index contributed by atoms with van der Waals surface area (Å²) in [6.07, 6.45) is 1.42. The maximum absolute atomic E-state index is 12.1. The largest absolute Gasteiger partial charge is 0.393 e. The van der Waals surface area contributed by atoms with Gasteiger partial charge in [0.15, 0.2) is 0 Å². The van der Waals surface area contributed by atoms with Gasteiger partial charge in [0.05, 0.1) is 12.1 Å². The van der Waals surface area contributed by atoms with Crippen LogP contribution >= 0.6 is 11.3 Å². The summed E-state index contributed by atoms with van der Waals surface area (Å²) in [6, 6.07) is 2.07. The topological polar surface area (TPSA) is 69.6 Å². The van der Waals surface area contributed by atoms with Crippen LogP contribution in [0.1, 0.15) is 54.0 Å². The van der Waals surface area contributed by atoms with Gasteiger partial charge in [-0.2, -0.15) is 0 Å². The predicted octanol–water partition coefficient (Wildman–Crippen LogP) is 2.31. The van der Waals surface area contributed by atoms with Gasteiger partial charge >= 0.3 is 0 Å². The van der Waals surface area contributed by atoms with Gasteiger partial charge in [-0.1, -0.05) is 0 Å². The van der Waals surface area contributed by atoms with E-state index in [-0.39, 0.29) is 36.8 Å². The lowest BCUT2D eigenvalue weighted by Crippen LogP contribution is -2.40. The van der Waals surface area contributed by atoms with Crippen LogP contribution in [-0.2, 0) is 9.59 Å². The van der Waals surface area contributed by atoms with E-state index in [2.05, 4.69) is 25.2 Å². The van der Waals surface area contributed by atoms with E-state index in [0.717, 1.165) is 5.56 Å². The molecule has 1 fully saturated rings. The Labute approximate surface area is 141 Å². The van der Waals surface area contributed by atoms with E-state index < -0.39 is 0 Å². The maximum Gasteiger partial charge on any atom is 0.223 e. The van der Waals surface area contributed by atoms with Crippen molar-refractivity contribution >= 4 is 23.2 Å². The number of carbonyl (C=O) groups excluding carboxylic acids is 2. The van der Waals surface area contributed by atoms with E-state index >= 15 is 0 Å². The van der Waals surface area contributed by atoms with Crippen LogP contribution in [0.15, 0.2) is 6.07 Å². The summed E-state index contributed by atoms with van der Waals surface area (Å²) in [5, 5.41) is 12.4. The van der Waals surface area contributed by atoms with E-state index in [4.69, 9.17) is 0 Å². The Hall–Kier alpha value is -1.40. The molecule has 0 radical (unpaired) electrons. The molecule has 6 heteroatoms. The molecule has 0 aliphatic carbocycles. The van der Waals surface area contributed by atoms with Crippen molar-refractivity contribution in [2.24, 2.45) is 0 Å². The number of aryl methyl sites for hydroxylation is 2. The van der Waals surface area contributed by atoms with Crippen molar-refractivity contribution in [1.82, 2.24) is 10.2 Å². The molecular weight excluding hydrogens is 312 g/mol. The number of aliphatic hydroxyl groups is 1. The predicted molar refractivity (Wildman–Crippen MR) is 91.4 cm³/mol. The summed E-state index contributed by atoms with van der Waals surface area (Å²) in [4.78, 5) is 28.4. The molecule has 1 atom stereocenters. The number of rotatable bonds is 5. The molecule has 0 bridgehead atoms. The molecular formula is C17H26N2O3S. The number of thiophene rings is 1. The van der Waals surface area contributed by atoms with Crippen LogP contribution in [0.25, 0.3) is 0 Å². The monoisotopic (exact) mass is 338 g/mol. The SMILES string of the molecule is Cc1cc([C@@H](C)NC(=O)CCC(=O)N2CCC(O)CC2)c(C)s1. The zero-order chi connectivity index (χ0) is 17.0. The van der Waals surface area contributed by atoms with Gasteiger partial charge in [-0.15, -0.1) is 11.3 Å². The van der Waals surface area contributed by atoms with Crippen molar-refractivity contribution in [1.29, 1.82) is 0 Å². The number of amides is 2. The average Bonchev–Trinajstić information content (AvgIpc) is 2.84. The molecule has 2 rings (SSSR count).